The lowest BCUT2D eigenvalue weighted by Crippen LogP contribution is -2.13. The van der Waals surface area contributed by atoms with Crippen LogP contribution >= 0.6 is 34.5 Å². The summed E-state index contributed by atoms with van der Waals surface area (Å²) in [5.41, 5.74) is 1.79. The molecule has 6 nitrogen and oxygen atoms in total. The lowest BCUT2D eigenvalue weighted by molar-refractivity contribution is 0.0699. The van der Waals surface area contributed by atoms with Crippen molar-refractivity contribution >= 4 is 51.3 Å². The Bertz CT molecular complexity index is 918. The second-order valence-corrected chi connectivity index (χ2v) is 6.88. The van der Waals surface area contributed by atoms with Crippen LogP contribution in [0.1, 0.15) is 25.7 Å². The van der Waals surface area contributed by atoms with Gasteiger partial charge in [0.1, 0.15) is 15.4 Å². The monoisotopic (exact) mass is 379 g/mol. The fourth-order valence-corrected chi connectivity index (χ4v) is 3.74. The van der Waals surface area contributed by atoms with Gasteiger partial charge in [0.05, 0.1) is 5.69 Å². The molecule has 1 aromatic carbocycles. The molecule has 0 aliphatic carbocycles. The first-order chi connectivity index (χ1) is 11.5. The van der Waals surface area contributed by atoms with Gasteiger partial charge < -0.3 is 10.4 Å². The van der Waals surface area contributed by atoms with Crippen molar-refractivity contribution < 1.29 is 14.7 Å². The first kappa shape index (κ1) is 16.6. The van der Waals surface area contributed by atoms with E-state index in [1.54, 1.807) is 36.6 Å². The largest absolute Gasteiger partial charge is 0.478 e. The van der Waals surface area contributed by atoms with Gasteiger partial charge in [-0.2, -0.15) is 0 Å². The second kappa shape index (κ2) is 6.68. The number of benzene rings is 1. The standard InChI is InChI=1S/C15H10ClN3O3S2/c1-7-12(24-19-18-7)13(20)17-14-11(15(21)22)10(6-23-14)8-2-4-9(16)5-3-8/h2-6H,1H3,(H,17,20)(H,21,22). The molecule has 0 bridgehead atoms. The maximum atomic E-state index is 12.3. The van der Waals surface area contributed by atoms with Gasteiger partial charge in [-0.25, -0.2) is 4.79 Å². The summed E-state index contributed by atoms with van der Waals surface area (Å²) in [6.07, 6.45) is 0. The van der Waals surface area contributed by atoms with E-state index in [0.717, 1.165) is 22.9 Å². The van der Waals surface area contributed by atoms with E-state index in [4.69, 9.17) is 11.6 Å². The molecule has 24 heavy (non-hydrogen) atoms. The van der Waals surface area contributed by atoms with Gasteiger partial charge in [-0.15, -0.1) is 16.4 Å². The molecule has 122 valence electrons. The third kappa shape index (κ3) is 3.16. The molecule has 0 unspecified atom stereocenters. The maximum Gasteiger partial charge on any atom is 0.339 e. The molecule has 1 amide bonds. The summed E-state index contributed by atoms with van der Waals surface area (Å²) >= 11 is 7.98. The number of rotatable bonds is 4. The summed E-state index contributed by atoms with van der Waals surface area (Å²) in [4.78, 5) is 24.3. The molecule has 0 atom stereocenters. The number of nitrogens with zero attached hydrogens (tertiary/aromatic N) is 2. The van der Waals surface area contributed by atoms with E-state index in [1.165, 1.54) is 0 Å². The Hall–Kier alpha value is -2.29. The van der Waals surface area contributed by atoms with Crippen LogP contribution in [0.15, 0.2) is 29.6 Å². The number of aromatic nitrogens is 2. The average Bonchev–Trinajstić information content (AvgIpc) is 3.14. The van der Waals surface area contributed by atoms with E-state index in [1.807, 2.05) is 0 Å². The number of carbonyl (C=O) groups excluding carboxylic acids is 1. The van der Waals surface area contributed by atoms with Gasteiger partial charge in [-0.3, -0.25) is 4.79 Å². The molecule has 0 fully saturated rings. The lowest BCUT2D eigenvalue weighted by Gasteiger charge is -2.05. The van der Waals surface area contributed by atoms with Crippen LogP contribution in [-0.4, -0.2) is 26.6 Å². The lowest BCUT2D eigenvalue weighted by atomic mass is 10.0. The van der Waals surface area contributed by atoms with Crippen molar-refractivity contribution in [3.63, 3.8) is 0 Å². The van der Waals surface area contributed by atoms with Gasteiger partial charge in [-0.1, -0.05) is 28.2 Å². The molecule has 0 aliphatic heterocycles. The topological polar surface area (TPSA) is 92.2 Å². The number of amides is 1. The number of hydrogen-bond acceptors (Lipinski definition) is 6. The van der Waals surface area contributed by atoms with Crippen LogP contribution in [0.5, 0.6) is 0 Å². The molecule has 3 rings (SSSR count). The highest BCUT2D eigenvalue weighted by atomic mass is 35.5. The SMILES string of the molecule is Cc1nnsc1C(=O)Nc1scc(-c2ccc(Cl)cc2)c1C(=O)O. The van der Waals surface area contributed by atoms with Crippen molar-refractivity contribution in [2.45, 2.75) is 6.92 Å². The molecule has 3 aromatic rings. The number of carboxylic acids is 1. The van der Waals surface area contributed by atoms with Gasteiger partial charge in [-0.05, 0) is 36.2 Å². The van der Waals surface area contributed by atoms with Crippen molar-refractivity contribution in [2.75, 3.05) is 5.32 Å². The van der Waals surface area contributed by atoms with Crippen molar-refractivity contribution in [3.05, 3.63) is 50.8 Å². The predicted molar refractivity (Wildman–Crippen MR) is 94.3 cm³/mol. The molecule has 0 aliphatic rings. The van der Waals surface area contributed by atoms with Crippen molar-refractivity contribution in [1.82, 2.24) is 9.59 Å². The molecular weight excluding hydrogens is 370 g/mol. The zero-order valence-electron chi connectivity index (χ0n) is 12.2. The van der Waals surface area contributed by atoms with Crippen LogP contribution in [0.4, 0.5) is 5.00 Å². The summed E-state index contributed by atoms with van der Waals surface area (Å²) in [7, 11) is 0. The molecule has 2 aromatic heterocycles. The highest BCUT2D eigenvalue weighted by Crippen LogP contribution is 2.36. The Morgan fingerprint density at radius 2 is 1.96 bits per heavy atom. The summed E-state index contributed by atoms with van der Waals surface area (Å²) in [6.45, 7) is 1.67. The van der Waals surface area contributed by atoms with E-state index >= 15 is 0 Å². The number of hydrogen-bond donors (Lipinski definition) is 2. The third-order valence-corrected chi connectivity index (χ3v) is 5.22. The number of aryl methyl sites for hydroxylation is 1. The van der Waals surface area contributed by atoms with Gasteiger partial charge in [0, 0.05) is 16.0 Å². The number of carboxylic acid groups (broad SMARTS) is 1. The Morgan fingerprint density at radius 1 is 1.25 bits per heavy atom. The van der Waals surface area contributed by atoms with Crippen LogP contribution in [0.2, 0.25) is 5.02 Å². The second-order valence-electron chi connectivity index (χ2n) is 4.81. The predicted octanol–water partition coefficient (Wildman–Crippen LogP) is 4.18. The van der Waals surface area contributed by atoms with E-state index in [9.17, 15) is 14.7 Å². The average molecular weight is 380 g/mol. The number of carbonyl (C=O) groups is 2. The number of aromatic carboxylic acids is 1. The zero-order chi connectivity index (χ0) is 17.3. The number of thiophene rings is 1. The van der Waals surface area contributed by atoms with Crippen molar-refractivity contribution in [3.8, 4) is 11.1 Å². The van der Waals surface area contributed by atoms with E-state index in [0.29, 0.717) is 26.7 Å². The summed E-state index contributed by atoms with van der Waals surface area (Å²) in [5.74, 6) is -1.54. The summed E-state index contributed by atoms with van der Waals surface area (Å²) in [5, 5.41) is 18.5. The highest BCUT2D eigenvalue weighted by molar-refractivity contribution is 7.15. The van der Waals surface area contributed by atoms with Crippen LogP contribution in [-0.2, 0) is 0 Å². The van der Waals surface area contributed by atoms with Crippen LogP contribution in [0.25, 0.3) is 11.1 Å². The Kier molecular flexibility index (Phi) is 4.61. The van der Waals surface area contributed by atoms with E-state index < -0.39 is 11.9 Å². The highest BCUT2D eigenvalue weighted by Gasteiger charge is 2.22. The molecule has 2 N–H and O–H groups in total. The van der Waals surface area contributed by atoms with Crippen molar-refractivity contribution in [1.29, 1.82) is 0 Å². The fourth-order valence-electron chi connectivity index (χ4n) is 2.10. The van der Waals surface area contributed by atoms with E-state index in [2.05, 4.69) is 14.9 Å². The minimum Gasteiger partial charge on any atom is -0.478 e. The van der Waals surface area contributed by atoms with Crippen LogP contribution < -0.4 is 5.32 Å². The van der Waals surface area contributed by atoms with Gasteiger partial charge in [0.25, 0.3) is 5.91 Å². The Labute approximate surface area is 149 Å². The maximum absolute atomic E-state index is 12.3. The summed E-state index contributed by atoms with van der Waals surface area (Å²) in [6, 6.07) is 6.84. The number of anilines is 1. The number of nitrogens with one attached hydrogen (secondary N) is 1. The molecule has 0 saturated heterocycles. The van der Waals surface area contributed by atoms with Crippen LogP contribution in [0.3, 0.4) is 0 Å². The first-order valence-electron chi connectivity index (χ1n) is 6.68. The van der Waals surface area contributed by atoms with Gasteiger partial charge in [0.2, 0.25) is 0 Å². The van der Waals surface area contributed by atoms with Crippen LogP contribution in [0, 0.1) is 6.92 Å². The number of halogens is 1. The molecular formula is C15H10ClN3O3S2. The van der Waals surface area contributed by atoms with Gasteiger partial charge in [0.15, 0.2) is 0 Å². The molecule has 0 spiro atoms. The normalized spacial score (nSPS) is 10.6. The first-order valence-corrected chi connectivity index (χ1v) is 8.71. The Morgan fingerprint density at radius 3 is 2.54 bits per heavy atom. The third-order valence-electron chi connectivity index (χ3n) is 3.24. The molecule has 2 heterocycles. The van der Waals surface area contributed by atoms with Crippen molar-refractivity contribution in [2.24, 2.45) is 0 Å². The zero-order valence-corrected chi connectivity index (χ0v) is 14.6. The molecule has 0 saturated carbocycles. The minimum atomic E-state index is -1.12. The van der Waals surface area contributed by atoms with E-state index in [-0.39, 0.29) is 10.6 Å². The minimum absolute atomic E-state index is 0.0470. The quantitative estimate of drug-likeness (QED) is 0.709. The fraction of sp³-hybridized carbons (Fsp3) is 0.0667. The Balaban J connectivity index is 1.98. The van der Waals surface area contributed by atoms with Gasteiger partial charge >= 0.3 is 5.97 Å². The summed E-state index contributed by atoms with van der Waals surface area (Å²) < 4.78 is 3.71. The smallest absolute Gasteiger partial charge is 0.339 e. The molecule has 9 heteroatoms. The molecule has 0 radical (unpaired) electrons.